The van der Waals surface area contributed by atoms with Crippen LogP contribution >= 0.6 is 0 Å². The molecular formula is C21H19N3O3. The fraction of sp³-hybridized carbons (Fsp3) is 0.143. The molecule has 0 saturated carbocycles. The molecule has 0 spiro atoms. The number of aromatic amines is 1. The van der Waals surface area contributed by atoms with E-state index in [9.17, 15) is 15.2 Å². The molecule has 6 heteroatoms. The van der Waals surface area contributed by atoms with Crippen LogP contribution in [0.1, 0.15) is 11.1 Å². The first-order chi connectivity index (χ1) is 13.1. The van der Waals surface area contributed by atoms with Crippen LogP contribution in [0.2, 0.25) is 0 Å². The van der Waals surface area contributed by atoms with Gasteiger partial charge in [0.15, 0.2) is 11.5 Å². The Labute approximate surface area is 156 Å². The molecule has 0 fully saturated rings. The van der Waals surface area contributed by atoms with Gasteiger partial charge in [-0.05, 0) is 41.8 Å². The number of amides is 1. The van der Waals surface area contributed by atoms with Crippen molar-refractivity contribution < 1.29 is 14.6 Å². The van der Waals surface area contributed by atoms with Crippen molar-refractivity contribution in [3.63, 3.8) is 0 Å². The van der Waals surface area contributed by atoms with Crippen molar-refractivity contribution in [1.29, 1.82) is 5.26 Å². The minimum Gasteiger partial charge on any atom is -0.504 e. The Morgan fingerprint density at radius 2 is 2.15 bits per heavy atom. The summed E-state index contributed by atoms with van der Waals surface area (Å²) in [5.74, 6) is -0.165. The van der Waals surface area contributed by atoms with Gasteiger partial charge < -0.3 is 20.1 Å². The zero-order valence-corrected chi connectivity index (χ0v) is 14.8. The predicted octanol–water partition coefficient (Wildman–Crippen LogP) is 3.15. The van der Waals surface area contributed by atoms with Gasteiger partial charge in [-0.25, -0.2) is 0 Å². The number of carbonyl (C=O) groups is 1. The summed E-state index contributed by atoms with van der Waals surface area (Å²) in [6.45, 7) is 0.415. The molecule has 136 valence electrons. The van der Waals surface area contributed by atoms with Crippen molar-refractivity contribution in [1.82, 2.24) is 10.3 Å². The molecule has 6 nitrogen and oxygen atoms in total. The highest BCUT2D eigenvalue weighted by Gasteiger charge is 2.10. The summed E-state index contributed by atoms with van der Waals surface area (Å²) in [7, 11) is 1.44. The fourth-order valence-electron chi connectivity index (χ4n) is 2.84. The van der Waals surface area contributed by atoms with Crippen molar-refractivity contribution in [2.75, 3.05) is 13.7 Å². The van der Waals surface area contributed by atoms with Crippen LogP contribution in [-0.4, -0.2) is 29.7 Å². The number of methoxy groups -OCH3 is 1. The Balaban J connectivity index is 1.66. The number of phenolic OH excluding ortho intramolecular Hbond substituents is 1. The molecule has 0 bridgehead atoms. The molecule has 2 aromatic carbocycles. The molecule has 0 aliphatic rings. The van der Waals surface area contributed by atoms with Gasteiger partial charge in [0.1, 0.15) is 11.6 Å². The van der Waals surface area contributed by atoms with Gasteiger partial charge in [0.05, 0.1) is 7.11 Å². The summed E-state index contributed by atoms with van der Waals surface area (Å²) >= 11 is 0. The number of aromatic hydroxyl groups is 1. The third-order valence-electron chi connectivity index (χ3n) is 4.23. The number of phenols is 1. The molecule has 1 heterocycles. The number of hydrogen-bond donors (Lipinski definition) is 3. The van der Waals surface area contributed by atoms with Crippen molar-refractivity contribution in [3.8, 4) is 17.6 Å². The van der Waals surface area contributed by atoms with E-state index in [0.29, 0.717) is 18.5 Å². The summed E-state index contributed by atoms with van der Waals surface area (Å²) in [5.41, 5.74) is 2.74. The molecule has 3 N–H and O–H groups in total. The van der Waals surface area contributed by atoms with Crippen molar-refractivity contribution in [2.24, 2.45) is 0 Å². The van der Waals surface area contributed by atoms with Gasteiger partial charge in [-0.15, -0.1) is 0 Å². The first kappa shape index (κ1) is 18.1. The van der Waals surface area contributed by atoms with Crippen LogP contribution in [0.4, 0.5) is 0 Å². The predicted molar refractivity (Wildman–Crippen MR) is 103 cm³/mol. The topological polar surface area (TPSA) is 98.1 Å². The van der Waals surface area contributed by atoms with Crippen molar-refractivity contribution in [3.05, 3.63) is 65.4 Å². The van der Waals surface area contributed by atoms with Crippen molar-refractivity contribution in [2.45, 2.75) is 6.42 Å². The summed E-state index contributed by atoms with van der Waals surface area (Å²) < 4.78 is 5.04. The van der Waals surface area contributed by atoms with E-state index in [-0.39, 0.29) is 17.1 Å². The average Bonchev–Trinajstić information content (AvgIpc) is 3.10. The monoisotopic (exact) mass is 361 g/mol. The average molecular weight is 361 g/mol. The quantitative estimate of drug-likeness (QED) is 0.464. The number of rotatable bonds is 6. The minimum absolute atomic E-state index is 0.00339. The Kier molecular flexibility index (Phi) is 5.43. The number of fused-ring (bicyclic) bond motifs is 1. The first-order valence-corrected chi connectivity index (χ1v) is 8.44. The highest BCUT2D eigenvalue weighted by molar-refractivity contribution is 6.01. The van der Waals surface area contributed by atoms with Crippen LogP contribution in [0.5, 0.6) is 11.5 Å². The maximum absolute atomic E-state index is 12.3. The number of H-pyrrole nitrogens is 1. The zero-order chi connectivity index (χ0) is 19.2. The van der Waals surface area contributed by atoms with Crippen LogP contribution in [0, 0.1) is 11.3 Å². The van der Waals surface area contributed by atoms with E-state index < -0.39 is 5.91 Å². The number of hydrogen-bond acceptors (Lipinski definition) is 4. The first-order valence-electron chi connectivity index (χ1n) is 8.44. The van der Waals surface area contributed by atoms with Crippen LogP contribution in [-0.2, 0) is 11.2 Å². The molecule has 0 radical (unpaired) electrons. The van der Waals surface area contributed by atoms with Crippen LogP contribution < -0.4 is 10.1 Å². The lowest BCUT2D eigenvalue weighted by Crippen LogP contribution is -2.26. The number of para-hydroxylation sites is 1. The van der Waals surface area contributed by atoms with Gasteiger partial charge in [0.25, 0.3) is 5.91 Å². The van der Waals surface area contributed by atoms with E-state index in [0.717, 1.165) is 16.5 Å². The second-order valence-corrected chi connectivity index (χ2v) is 5.97. The Hall–Kier alpha value is -3.72. The number of aromatic nitrogens is 1. The number of nitrogens with zero attached hydrogens (tertiary/aromatic N) is 1. The van der Waals surface area contributed by atoms with Gasteiger partial charge in [-0.2, -0.15) is 5.26 Å². The van der Waals surface area contributed by atoms with Gasteiger partial charge in [0.2, 0.25) is 0 Å². The second kappa shape index (κ2) is 8.11. The lowest BCUT2D eigenvalue weighted by Gasteiger charge is -2.06. The third-order valence-corrected chi connectivity index (χ3v) is 4.23. The largest absolute Gasteiger partial charge is 0.504 e. The second-order valence-electron chi connectivity index (χ2n) is 5.97. The molecule has 0 aliphatic heterocycles. The Morgan fingerprint density at radius 1 is 1.33 bits per heavy atom. The smallest absolute Gasteiger partial charge is 0.261 e. The summed E-state index contributed by atoms with van der Waals surface area (Å²) in [5, 5.41) is 22.8. The van der Waals surface area contributed by atoms with Gasteiger partial charge in [0, 0.05) is 23.6 Å². The van der Waals surface area contributed by atoms with E-state index in [2.05, 4.69) is 10.3 Å². The lowest BCUT2D eigenvalue weighted by atomic mass is 10.1. The zero-order valence-electron chi connectivity index (χ0n) is 14.8. The normalized spacial score (nSPS) is 11.2. The van der Waals surface area contributed by atoms with Gasteiger partial charge in [-0.3, -0.25) is 4.79 Å². The Morgan fingerprint density at radius 3 is 2.93 bits per heavy atom. The van der Waals surface area contributed by atoms with Gasteiger partial charge >= 0.3 is 0 Å². The fourth-order valence-corrected chi connectivity index (χ4v) is 2.84. The van der Waals surface area contributed by atoms with Crippen LogP contribution in [0.25, 0.3) is 17.0 Å². The van der Waals surface area contributed by atoms with E-state index >= 15 is 0 Å². The molecule has 0 aliphatic carbocycles. The van der Waals surface area contributed by atoms with E-state index in [4.69, 9.17) is 4.74 Å². The highest BCUT2D eigenvalue weighted by Crippen LogP contribution is 2.27. The Bertz CT molecular complexity index is 1040. The minimum atomic E-state index is -0.440. The number of carbonyl (C=O) groups excluding carboxylic acids is 1. The highest BCUT2D eigenvalue weighted by atomic mass is 16.5. The molecular weight excluding hydrogens is 342 g/mol. The van der Waals surface area contributed by atoms with Crippen LogP contribution in [0.3, 0.4) is 0 Å². The molecule has 1 aromatic heterocycles. The number of benzene rings is 2. The molecule has 27 heavy (non-hydrogen) atoms. The number of ether oxygens (including phenoxy) is 1. The SMILES string of the molecule is COc1cc(/C=C(/C#N)C(=O)NCCc2c[nH]c3ccccc23)ccc1O. The van der Waals surface area contributed by atoms with Gasteiger partial charge in [-0.1, -0.05) is 24.3 Å². The number of nitrogens with one attached hydrogen (secondary N) is 2. The molecule has 0 unspecified atom stereocenters. The summed E-state index contributed by atoms with van der Waals surface area (Å²) in [6, 6.07) is 14.5. The van der Waals surface area contributed by atoms with Crippen molar-refractivity contribution >= 4 is 22.9 Å². The van der Waals surface area contributed by atoms with Crippen LogP contribution in [0.15, 0.2) is 54.2 Å². The molecule has 3 rings (SSSR count). The molecule has 0 atom stereocenters. The molecule has 3 aromatic rings. The standard InChI is InChI=1S/C21H19N3O3/c1-27-20-11-14(6-7-19(20)25)10-16(12-22)21(26)23-9-8-15-13-24-18-5-3-2-4-17(15)18/h2-7,10-11,13,24-25H,8-9H2,1H3,(H,23,26)/b16-10-. The summed E-state index contributed by atoms with van der Waals surface area (Å²) in [4.78, 5) is 15.5. The third kappa shape index (κ3) is 4.10. The van der Waals surface area contributed by atoms with E-state index in [1.54, 1.807) is 12.1 Å². The maximum atomic E-state index is 12.3. The lowest BCUT2D eigenvalue weighted by molar-refractivity contribution is -0.117. The maximum Gasteiger partial charge on any atom is 0.261 e. The summed E-state index contributed by atoms with van der Waals surface area (Å²) in [6.07, 6.45) is 4.05. The molecule has 0 saturated heterocycles. The van der Waals surface area contributed by atoms with E-state index in [1.807, 2.05) is 36.5 Å². The number of nitriles is 1. The molecule has 1 amide bonds. The van der Waals surface area contributed by atoms with E-state index in [1.165, 1.54) is 19.3 Å².